The molecule has 2 unspecified atom stereocenters. The molecular formula is C11H24N2O3. The minimum Gasteiger partial charge on any atom is -0.390 e. The summed E-state index contributed by atoms with van der Waals surface area (Å²) in [4.78, 5) is 2.25. The monoisotopic (exact) mass is 232 g/mol. The third kappa shape index (κ3) is 5.23. The van der Waals surface area contributed by atoms with Crippen LogP contribution in [0.4, 0.5) is 0 Å². The molecule has 96 valence electrons. The van der Waals surface area contributed by atoms with Crippen molar-refractivity contribution in [1.29, 1.82) is 0 Å². The van der Waals surface area contributed by atoms with Crippen LogP contribution in [0.1, 0.15) is 6.42 Å². The molecule has 5 nitrogen and oxygen atoms in total. The summed E-state index contributed by atoms with van der Waals surface area (Å²) < 4.78 is 10.2. The molecule has 0 saturated carbocycles. The zero-order valence-electron chi connectivity index (χ0n) is 10.3. The van der Waals surface area contributed by atoms with E-state index in [2.05, 4.69) is 10.2 Å². The van der Waals surface area contributed by atoms with E-state index in [1.165, 1.54) is 0 Å². The van der Waals surface area contributed by atoms with Crippen molar-refractivity contribution >= 4 is 0 Å². The normalized spacial score (nSPS) is 23.8. The highest BCUT2D eigenvalue weighted by atomic mass is 16.5. The van der Waals surface area contributed by atoms with Crippen molar-refractivity contribution in [3.63, 3.8) is 0 Å². The zero-order chi connectivity index (χ0) is 11.8. The Hall–Kier alpha value is -0.200. The van der Waals surface area contributed by atoms with Gasteiger partial charge in [-0.05, 0) is 6.42 Å². The highest BCUT2D eigenvalue weighted by molar-refractivity contribution is 4.78. The van der Waals surface area contributed by atoms with E-state index in [9.17, 15) is 5.11 Å². The molecule has 2 atom stereocenters. The van der Waals surface area contributed by atoms with E-state index in [0.717, 1.165) is 32.6 Å². The molecule has 0 aromatic rings. The van der Waals surface area contributed by atoms with E-state index >= 15 is 0 Å². The smallest absolute Gasteiger partial charge is 0.0791 e. The van der Waals surface area contributed by atoms with Gasteiger partial charge < -0.3 is 19.9 Å². The average Bonchev–Trinajstić information content (AvgIpc) is 2.72. The van der Waals surface area contributed by atoms with Crippen LogP contribution >= 0.6 is 0 Å². The summed E-state index contributed by atoms with van der Waals surface area (Å²) in [5.74, 6) is 0. The van der Waals surface area contributed by atoms with Crippen molar-refractivity contribution < 1.29 is 14.6 Å². The first kappa shape index (κ1) is 13.9. The van der Waals surface area contributed by atoms with Gasteiger partial charge in [-0.2, -0.15) is 0 Å². The number of aliphatic hydroxyl groups excluding tert-OH is 1. The number of likely N-dealkylation sites (tertiary alicyclic amines) is 1. The lowest BCUT2D eigenvalue weighted by atomic mass is 10.3. The Kier molecular flexibility index (Phi) is 6.91. The van der Waals surface area contributed by atoms with Crippen molar-refractivity contribution in [3.05, 3.63) is 0 Å². The second kappa shape index (κ2) is 7.97. The van der Waals surface area contributed by atoms with Gasteiger partial charge in [-0.25, -0.2) is 0 Å². The maximum atomic E-state index is 9.78. The van der Waals surface area contributed by atoms with Gasteiger partial charge in [0, 0.05) is 46.9 Å². The van der Waals surface area contributed by atoms with Crippen LogP contribution < -0.4 is 5.32 Å². The van der Waals surface area contributed by atoms with Crippen LogP contribution in [-0.2, 0) is 9.47 Å². The van der Waals surface area contributed by atoms with Crippen LogP contribution in [0.5, 0.6) is 0 Å². The maximum absolute atomic E-state index is 9.78. The molecule has 1 aliphatic heterocycles. The van der Waals surface area contributed by atoms with E-state index in [1.54, 1.807) is 14.2 Å². The Morgan fingerprint density at radius 3 is 2.94 bits per heavy atom. The second-order valence-electron chi connectivity index (χ2n) is 4.26. The second-order valence-corrected chi connectivity index (χ2v) is 4.26. The van der Waals surface area contributed by atoms with Crippen LogP contribution in [0.3, 0.4) is 0 Å². The first-order valence-electron chi connectivity index (χ1n) is 5.89. The number of methoxy groups -OCH3 is 2. The maximum Gasteiger partial charge on any atom is 0.0791 e. The van der Waals surface area contributed by atoms with Gasteiger partial charge >= 0.3 is 0 Å². The molecule has 0 aliphatic carbocycles. The van der Waals surface area contributed by atoms with Crippen LogP contribution in [-0.4, -0.2) is 75.8 Å². The van der Waals surface area contributed by atoms with E-state index in [-0.39, 0.29) is 6.10 Å². The molecule has 1 saturated heterocycles. The Bertz CT molecular complexity index is 181. The molecule has 1 aliphatic rings. The molecule has 0 aromatic carbocycles. The Morgan fingerprint density at radius 1 is 1.50 bits per heavy atom. The van der Waals surface area contributed by atoms with Gasteiger partial charge in [0.05, 0.1) is 18.8 Å². The van der Waals surface area contributed by atoms with Gasteiger partial charge in [0.15, 0.2) is 0 Å². The highest BCUT2D eigenvalue weighted by Gasteiger charge is 2.23. The lowest BCUT2D eigenvalue weighted by Crippen LogP contribution is -2.38. The predicted octanol–water partition coefficient (Wildman–Crippen LogP) is -0.696. The van der Waals surface area contributed by atoms with E-state index < -0.39 is 0 Å². The number of nitrogens with one attached hydrogen (secondary N) is 1. The SMILES string of the molecule is COCCNCC(O)CN1CCC(OC)C1. The van der Waals surface area contributed by atoms with Crippen molar-refractivity contribution in [3.8, 4) is 0 Å². The predicted molar refractivity (Wildman–Crippen MR) is 62.6 cm³/mol. The van der Waals surface area contributed by atoms with Crippen LogP contribution in [0, 0.1) is 0 Å². The van der Waals surface area contributed by atoms with Gasteiger partial charge in [-0.3, -0.25) is 4.90 Å². The fourth-order valence-corrected chi connectivity index (χ4v) is 1.96. The fraction of sp³-hybridized carbons (Fsp3) is 1.00. The molecule has 1 heterocycles. The van der Waals surface area contributed by atoms with Gasteiger partial charge in [-0.1, -0.05) is 0 Å². The van der Waals surface area contributed by atoms with Gasteiger partial charge in [0.1, 0.15) is 0 Å². The Balaban J connectivity index is 2.03. The largest absolute Gasteiger partial charge is 0.390 e. The first-order chi connectivity index (χ1) is 7.76. The highest BCUT2D eigenvalue weighted by Crippen LogP contribution is 2.11. The zero-order valence-corrected chi connectivity index (χ0v) is 10.3. The summed E-state index contributed by atoms with van der Waals surface area (Å²) in [7, 11) is 3.42. The lowest BCUT2D eigenvalue weighted by molar-refractivity contribution is 0.0886. The molecular weight excluding hydrogens is 208 g/mol. The molecule has 0 aromatic heterocycles. The molecule has 5 heteroatoms. The number of aliphatic hydroxyl groups is 1. The van der Waals surface area contributed by atoms with Gasteiger partial charge in [0.25, 0.3) is 0 Å². The molecule has 0 bridgehead atoms. The quantitative estimate of drug-likeness (QED) is 0.542. The van der Waals surface area contributed by atoms with E-state index in [0.29, 0.717) is 19.3 Å². The molecule has 0 radical (unpaired) electrons. The van der Waals surface area contributed by atoms with Gasteiger partial charge in [0.2, 0.25) is 0 Å². The molecule has 1 fully saturated rings. The summed E-state index contributed by atoms with van der Waals surface area (Å²) in [5, 5.41) is 12.9. The summed E-state index contributed by atoms with van der Waals surface area (Å²) in [6, 6.07) is 0. The number of hydrogen-bond acceptors (Lipinski definition) is 5. The number of ether oxygens (including phenoxy) is 2. The Morgan fingerprint density at radius 2 is 2.31 bits per heavy atom. The average molecular weight is 232 g/mol. The van der Waals surface area contributed by atoms with Gasteiger partial charge in [-0.15, -0.1) is 0 Å². The first-order valence-corrected chi connectivity index (χ1v) is 5.89. The minimum absolute atomic E-state index is 0.313. The fourth-order valence-electron chi connectivity index (χ4n) is 1.96. The van der Waals surface area contributed by atoms with Crippen LogP contribution in [0.15, 0.2) is 0 Å². The van der Waals surface area contributed by atoms with E-state index in [1.807, 2.05) is 0 Å². The summed E-state index contributed by atoms with van der Waals surface area (Å²) in [6.45, 7) is 4.77. The summed E-state index contributed by atoms with van der Waals surface area (Å²) in [5.41, 5.74) is 0. The van der Waals surface area contributed by atoms with Crippen molar-refractivity contribution in [2.24, 2.45) is 0 Å². The number of hydrogen-bond donors (Lipinski definition) is 2. The standard InChI is InChI=1S/C11H24N2O3/c1-15-6-4-12-7-10(14)8-13-5-3-11(9-13)16-2/h10-12,14H,3-9H2,1-2H3. The summed E-state index contributed by atoms with van der Waals surface area (Å²) in [6.07, 6.45) is 1.10. The molecule has 0 amide bonds. The van der Waals surface area contributed by atoms with Crippen molar-refractivity contribution in [1.82, 2.24) is 10.2 Å². The minimum atomic E-state index is -0.313. The lowest BCUT2D eigenvalue weighted by Gasteiger charge is -2.20. The molecule has 16 heavy (non-hydrogen) atoms. The molecule has 1 rings (SSSR count). The summed E-state index contributed by atoms with van der Waals surface area (Å²) >= 11 is 0. The van der Waals surface area contributed by atoms with Crippen molar-refractivity contribution in [2.45, 2.75) is 18.6 Å². The number of β-amino-alcohol motifs (C(OH)–C–C–N with tert-alkyl or cyclic N) is 1. The van der Waals surface area contributed by atoms with Crippen LogP contribution in [0.25, 0.3) is 0 Å². The number of nitrogens with zero attached hydrogens (tertiary/aromatic N) is 1. The topological polar surface area (TPSA) is 54.0 Å². The van der Waals surface area contributed by atoms with Crippen LogP contribution in [0.2, 0.25) is 0 Å². The molecule has 0 spiro atoms. The van der Waals surface area contributed by atoms with Crippen molar-refractivity contribution in [2.75, 3.05) is 53.6 Å². The number of rotatable bonds is 8. The Labute approximate surface area is 97.7 Å². The molecule has 2 N–H and O–H groups in total. The van der Waals surface area contributed by atoms with E-state index in [4.69, 9.17) is 9.47 Å². The third-order valence-electron chi connectivity index (χ3n) is 2.89. The third-order valence-corrected chi connectivity index (χ3v) is 2.89.